The average Bonchev–Trinajstić information content (AvgIpc) is 3.05. The number of phosphoric acid groups is 1. The van der Waals surface area contributed by atoms with Gasteiger partial charge in [-0.05, 0) is 57.4 Å². The van der Waals surface area contributed by atoms with E-state index in [-0.39, 0.29) is 19.6 Å². The van der Waals surface area contributed by atoms with E-state index in [0.29, 0.717) is 12.8 Å². The topological polar surface area (TPSA) is 123 Å². The van der Waals surface area contributed by atoms with Crippen LogP contribution >= 0.6 is 7.82 Å². The minimum atomic E-state index is -4.67. The second-order valence-corrected chi connectivity index (χ2v) is 13.7. The van der Waals surface area contributed by atoms with E-state index in [2.05, 4.69) is 24.4 Å². The zero-order valence-corrected chi connectivity index (χ0v) is 31.1. The third-order valence-corrected chi connectivity index (χ3v) is 8.23. The number of ether oxygens (including phenoxy) is 2. The molecule has 2 atom stereocenters. The van der Waals surface area contributed by atoms with Crippen LogP contribution in [0.4, 0.5) is 0 Å². The smallest absolute Gasteiger partial charge is 0.469 e. The molecule has 0 saturated carbocycles. The highest BCUT2D eigenvalue weighted by Crippen LogP contribution is 2.35. The Morgan fingerprint density at radius 3 is 1.90 bits per heavy atom. The molecule has 0 radical (unpaired) electrons. The zero-order valence-electron chi connectivity index (χ0n) is 30.2. The van der Waals surface area contributed by atoms with Crippen LogP contribution in [-0.4, -0.2) is 46.3 Å². The van der Waals surface area contributed by atoms with E-state index < -0.39 is 26.0 Å². The van der Waals surface area contributed by atoms with E-state index >= 15 is 0 Å². The highest BCUT2D eigenvalue weighted by atomic mass is 31.2. The number of carbonyl (C=O) groups excluding carboxylic acids is 1. The summed E-state index contributed by atoms with van der Waals surface area (Å²) in [6.07, 6.45) is 41.9. The summed E-state index contributed by atoms with van der Waals surface area (Å²) < 4.78 is 26.6. The van der Waals surface area contributed by atoms with Crippen LogP contribution in [0, 0.1) is 0 Å². The summed E-state index contributed by atoms with van der Waals surface area (Å²) in [6.45, 7) is 3.90. The van der Waals surface area contributed by atoms with Crippen molar-refractivity contribution in [3.05, 3.63) is 60.9 Å². The van der Waals surface area contributed by atoms with Gasteiger partial charge in [0.2, 0.25) is 0 Å². The van der Waals surface area contributed by atoms with Crippen molar-refractivity contribution in [3.8, 4) is 0 Å². The first-order chi connectivity index (χ1) is 23.3. The monoisotopic (exact) mass is 696 g/mol. The van der Waals surface area contributed by atoms with Gasteiger partial charge in [-0.2, -0.15) is 0 Å². The van der Waals surface area contributed by atoms with Crippen molar-refractivity contribution in [2.24, 2.45) is 0 Å². The molecule has 0 aliphatic heterocycles. The van der Waals surface area contributed by atoms with Gasteiger partial charge in [0.25, 0.3) is 0 Å². The van der Waals surface area contributed by atoms with Crippen LogP contribution in [0.3, 0.4) is 0 Å². The largest absolute Gasteiger partial charge is 0.492 e. The SMILES string of the molecule is CCCCC/C=C\C[C@@H](O)/C=C/C=C\C/C=C\CCCC(=O)OC[C@H](COP(=O)(O)O)O/C=C/CCCCCCCCCCCCCC. The van der Waals surface area contributed by atoms with E-state index in [9.17, 15) is 14.5 Å². The van der Waals surface area contributed by atoms with Crippen LogP contribution in [-0.2, 0) is 23.4 Å². The van der Waals surface area contributed by atoms with Gasteiger partial charge < -0.3 is 24.4 Å². The van der Waals surface area contributed by atoms with Crippen molar-refractivity contribution in [1.82, 2.24) is 0 Å². The lowest BCUT2D eigenvalue weighted by Crippen LogP contribution is -2.25. The maximum absolute atomic E-state index is 12.2. The molecule has 0 spiro atoms. The first kappa shape index (κ1) is 46.0. The van der Waals surface area contributed by atoms with Gasteiger partial charge >= 0.3 is 13.8 Å². The van der Waals surface area contributed by atoms with Crippen molar-refractivity contribution in [2.45, 2.75) is 167 Å². The molecule has 0 unspecified atom stereocenters. The Morgan fingerprint density at radius 2 is 1.23 bits per heavy atom. The average molecular weight is 697 g/mol. The molecule has 278 valence electrons. The summed E-state index contributed by atoms with van der Waals surface area (Å²) >= 11 is 0. The van der Waals surface area contributed by atoms with Crippen molar-refractivity contribution in [2.75, 3.05) is 13.2 Å². The fourth-order valence-corrected chi connectivity index (χ4v) is 5.21. The van der Waals surface area contributed by atoms with Crippen LogP contribution < -0.4 is 0 Å². The third kappa shape index (κ3) is 36.9. The van der Waals surface area contributed by atoms with E-state index in [1.54, 1.807) is 6.08 Å². The van der Waals surface area contributed by atoms with Crippen molar-refractivity contribution in [1.29, 1.82) is 0 Å². The minimum Gasteiger partial charge on any atom is -0.492 e. The highest BCUT2D eigenvalue weighted by Gasteiger charge is 2.20. The Labute approximate surface area is 293 Å². The quantitative estimate of drug-likeness (QED) is 0.0152. The first-order valence-corrected chi connectivity index (χ1v) is 20.3. The fraction of sp³-hybridized carbons (Fsp3) is 0.718. The molecular weight excluding hydrogens is 627 g/mol. The summed E-state index contributed by atoms with van der Waals surface area (Å²) in [5, 5.41) is 9.98. The molecule has 0 fully saturated rings. The molecule has 0 aliphatic carbocycles. The number of unbranched alkanes of at least 4 members (excludes halogenated alkanes) is 16. The molecule has 0 aromatic carbocycles. The van der Waals surface area contributed by atoms with Crippen LogP contribution in [0.2, 0.25) is 0 Å². The predicted molar refractivity (Wildman–Crippen MR) is 198 cm³/mol. The van der Waals surface area contributed by atoms with Crippen LogP contribution in [0.5, 0.6) is 0 Å². The number of hydrogen-bond acceptors (Lipinski definition) is 6. The van der Waals surface area contributed by atoms with Crippen molar-refractivity contribution in [3.63, 3.8) is 0 Å². The molecule has 0 aliphatic rings. The number of allylic oxidation sites excluding steroid dienone is 7. The van der Waals surface area contributed by atoms with Gasteiger partial charge in [-0.15, -0.1) is 0 Å². The minimum absolute atomic E-state index is 0.153. The van der Waals surface area contributed by atoms with Gasteiger partial charge in [0.05, 0.1) is 19.0 Å². The molecule has 0 aromatic rings. The number of esters is 1. The maximum Gasteiger partial charge on any atom is 0.469 e. The summed E-state index contributed by atoms with van der Waals surface area (Å²) in [7, 11) is -4.67. The van der Waals surface area contributed by atoms with Gasteiger partial charge in [-0.25, -0.2) is 4.57 Å². The van der Waals surface area contributed by atoms with Crippen LogP contribution in [0.25, 0.3) is 0 Å². The lowest BCUT2D eigenvalue weighted by molar-refractivity contribution is -0.147. The Hall–Kier alpha value is -1.96. The Kier molecular flexibility index (Phi) is 33.5. The Morgan fingerprint density at radius 1 is 0.667 bits per heavy atom. The third-order valence-electron chi connectivity index (χ3n) is 7.74. The number of aliphatic hydroxyl groups is 1. The maximum atomic E-state index is 12.2. The van der Waals surface area contributed by atoms with Crippen LogP contribution in [0.1, 0.15) is 155 Å². The number of rotatable bonds is 34. The summed E-state index contributed by atoms with van der Waals surface area (Å²) in [5.74, 6) is -0.395. The van der Waals surface area contributed by atoms with Gasteiger partial charge in [-0.1, -0.05) is 146 Å². The number of carbonyl (C=O) groups is 1. The molecule has 0 saturated heterocycles. The summed E-state index contributed by atoms with van der Waals surface area (Å²) in [4.78, 5) is 30.3. The van der Waals surface area contributed by atoms with Crippen LogP contribution in [0.15, 0.2) is 60.9 Å². The predicted octanol–water partition coefficient (Wildman–Crippen LogP) is 10.7. The molecule has 8 nitrogen and oxygen atoms in total. The summed E-state index contributed by atoms with van der Waals surface area (Å²) in [6, 6.07) is 0. The summed E-state index contributed by atoms with van der Waals surface area (Å²) in [5.41, 5.74) is 0. The molecule has 0 rings (SSSR count). The molecule has 0 amide bonds. The molecule has 9 heteroatoms. The van der Waals surface area contributed by atoms with Crippen molar-refractivity contribution < 1.29 is 38.3 Å². The number of phosphoric ester groups is 1. The Bertz CT molecular complexity index is 921. The lowest BCUT2D eigenvalue weighted by atomic mass is 10.0. The van der Waals surface area contributed by atoms with Gasteiger partial charge in [0.15, 0.2) is 6.10 Å². The Balaban J connectivity index is 4.08. The molecule has 0 aromatic heterocycles. The molecule has 3 N–H and O–H groups in total. The van der Waals surface area contributed by atoms with E-state index in [1.807, 2.05) is 42.5 Å². The van der Waals surface area contributed by atoms with E-state index in [4.69, 9.17) is 19.3 Å². The van der Waals surface area contributed by atoms with Gasteiger partial charge in [0, 0.05) is 6.42 Å². The standard InChI is InChI=1S/C39H69O8P/c1-3-5-7-9-11-12-13-14-15-16-19-22-26-30-34-45-38(36-47-48(42,43)44)35-46-39(41)33-29-25-21-18-17-20-24-28-32-37(40)31-27-23-10-8-6-4-2/h18,20-21,23-24,27-28,30,32,34,37-38,40H,3-17,19,22,25-26,29,31,33,35-36H2,1-2H3,(H2,42,43,44)/b21-18-,24-20-,27-23-,32-28+,34-30+/t37-,38-/m1/s1. The second kappa shape index (κ2) is 34.9. The molecule has 0 heterocycles. The first-order valence-electron chi connectivity index (χ1n) is 18.8. The van der Waals surface area contributed by atoms with Gasteiger partial charge in [-0.3, -0.25) is 9.32 Å². The number of aliphatic hydroxyl groups excluding tert-OH is 1. The van der Waals surface area contributed by atoms with Crippen molar-refractivity contribution >= 4 is 13.8 Å². The second-order valence-electron chi connectivity index (χ2n) is 12.5. The van der Waals surface area contributed by atoms with Gasteiger partial charge in [0.1, 0.15) is 6.61 Å². The normalized spacial score (nSPS) is 13.9. The molecular formula is C39H69O8P. The van der Waals surface area contributed by atoms with E-state index in [0.717, 1.165) is 38.5 Å². The number of hydrogen-bond donors (Lipinski definition) is 3. The lowest BCUT2D eigenvalue weighted by Gasteiger charge is -2.17. The zero-order chi connectivity index (χ0) is 35.4. The van der Waals surface area contributed by atoms with E-state index in [1.165, 1.54) is 89.7 Å². The molecule has 48 heavy (non-hydrogen) atoms. The fourth-order valence-electron chi connectivity index (χ4n) is 4.85. The molecule has 0 bridgehead atoms. The highest BCUT2D eigenvalue weighted by molar-refractivity contribution is 7.46.